The number of carbonyl (C=O) groups excluding carboxylic acids is 2. The van der Waals surface area contributed by atoms with Crippen LogP contribution in [0.1, 0.15) is 15.9 Å². The van der Waals surface area contributed by atoms with E-state index in [1.807, 2.05) is 0 Å². The molecule has 0 amide bonds. The van der Waals surface area contributed by atoms with Gasteiger partial charge in [0.2, 0.25) is 5.41 Å². The summed E-state index contributed by atoms with van der Waals surface area (Å²) in [5.74, 6) is -1.27. The second-order valence-electron chi connectivity index (χ2n) is 3.82. The van der Waals surface area contributed by atoms with Gasteiger partial charge in [-0.1, -0.05) is 15.9 Å². The lowest BCUT2D eigenvalue weighted by Gasteiger charge is -2.14. The zero-order chi connectivity index (χ0) is 12.6. The molecule has 0 radical (unpaired) electrons. The van der Waals surface area contributed by atoms with Gasteiger partial charge in [-0.2, -0.15) is 5.26 Å². The van der Waals surface area contributed by atoms with Gasteiger partial charge in [0.25, 0.3) is 0 Å². The number of rotatable bonds is 1. The Morgan fingerprint density at radius 3 is 2.88 bits per heavy atom. The summed E-state index contributed by atoms with van der Waals surface area (Å²) in [6.45, 7) is 0. The summed E-state index contributed by atoms with van der Waals surface area (Å²) in [7, 11) is 1.17. The lowest BCUT2D eigenvalue weighted by atomic mass is 9.85. The standard InChI is InChI=1S/C12H8BrNO3/c1-17-11(16)12(6-14)5-7-4-8(13)2-3-9(7)10(12)15/h2-4H,5H2,1H3/t12-/m0/s1. The Kier molecular flexibility index (Phi) is 2.76. The van der Waals surface area contributed by atoms with E-state index < -0.39 is 17.2 Å². The van der Waals surface area contributed by atoms with Crippen molar-refractivity contribution < 1.29 is 14.3 Å². The highest BCUT2D eigenvalue weighted by Crippen LogP contribution is 2.38. The average Bonchev–Trinajstić information content (AvgIpc) is 2.61. The van der Waals surface area contributed by atoms with Gasteiger partial charge in [0.1, 0.15) is 0 Å². The van der Waals surface area contributed by atoms with Crippen LogP contribution in [0.15, 0.2) is 22.7 Å². The summed E-state index contributed by atoms with van der Waals surface area (Å²) in [6.07, 6.45) is 0.0732. The largest absolute Gasteiger partial charge is 0.467 e. The van der Waals surface area contributed by atoms with Crippen LogP contribution in [0.2, 0.25) is 0 Å². The van der Waals surface area contributed by atoms with E-state index in [2.05, 4.69) is 20.7 Å². The van der Waals surface area contributed by atoms with Gasteiger partial charge in [-0.25, -0.2) is 4.79 Å². The molecule has 0 aliphatic heterocycles. The maximum absolute atomic E-state index is 12.1. The van der Waals surface area contributed by atoms with Gasteiger partial charge in [0.15, 0.2) is 5.78 Å². The number of fused-ring (bicyclic) bond motifs is 1. The van der Waals surface area contributed by atoms with Crippen LogP contribution in [0.5, 0.6) is 0 Å². The second kappa shape index (κ2) is 3.97. The van der Waals surface area contributed by atoms with Crippen LogP contribution >= 0.6 is 15.9 Å². The first-order valence-electron chi connectivity index (χ1n) is 4.88. The lowest BCUT2D eigenvalue weighted by Crippen LogP contribution is -2.36. The first-order valence-corrected chi connectivity index (χ1v) is 5.67. The molecule has 1 aliphatic carbocycles. The number of ketones is 1. The van der Waals surface area contributed by atoms with Gasteiger partial charge in [0, 0.05) is 16.5 Å². The zero-order valence-electron chi connectivity index (χ0n) is 8.99. The van der Waals surface area contributed by atoms with Crippen molar-refractivity contribution in [1.82, 2.24) is 0 Å². The number of hydrogen-bond donors (Lipinski definition) is 0. The molecule has 0 saturated heterocycles. The maximum atomic E-state index is 12.1. The third kappa shape index (κ3) is 1.56. The summed E-state index contributed by atoms with van der Waals surface area (Å²) < 4.78 is 5.37. The monoisotopic (exact) mass is 293 g/mol. The van der Waals surface area contributed by atoms with E-state index >= 15 is 0 Å². The quantitative estimate of drug-likeness (QED) is 0.586. The van der Waals surface area contributed by atoms with Crippen molar-refractivity contribution in [2.24, 2.45) is 5.41 Å². The molecule has 5 heteroatoms. The third-order valence-electron chi connectivity index (χ3n) is 2.88. The molecule has 1 aromatic carbocycles. The SMILES string of the molecule is COC(=O)[C@]1(C#N)Cc2cc(Br)ccc2C1=O. The predicted molar refractivity (Wildman–Crippen MR) is 62.2 cm³/mol. The van der Waals surface area contributed by atoms with Crippen molar-refractivity contribution in [2.75, 3.05) is 7.11 Å². The highest BCUT2D eigenvalue weighted by Gasteiger charge is 2.53. The first kappa shape index (κ1) is 11.8. The number of nitrogens with zero attached hydrogens (tertiary/aromatic N) is 1. The highest BCUT2D eigenvalue weighted by atomic mass is 79.9. The number of halogens is 1. The van der Waals surface area contributed by atoms with Gasteiger partial charge in [-0.3, -0.25) is 4.79 Å². The smallest absolute Gasteiger partial charge is 0.334 e. The van der Waals surface area contributed by atoms with E-state index in [-0.39, 0.29) is 6.42 Å². The maximum Gasteiger partial charge on any atom is 0.334 e. The number of ether oxygens (including phenoxy) is 1. The van der Waals surface area contributed by atoms with E-state index in [9.17, 15) is 9.59 Å². The fourth-order valence-electron chi connectivity index (χ4n) is 2.00. The zero-order valence-corrected chi connectivity index (χ0v) is 10.6. The van der Waals surface area contributed by atoms with E-state index in [1.54, 1.807) is 24.3 Å². The Morgan fingerprint density at radius 2 is 2.29 bits per heavy atom. The molecule has 1 atom stereocenters. The average molecular weight is 294 g/mol. The van der Waals surface area contributed by atoms with E-state index in [0.29, 0.717) is 11.1 Å². The van der Waals surface area contributed by atoms with Crippen LogP contribution in [-0.2, 0) is 16.0 Å². The second-order valence-corrected chi connectivity index (χ2v) is 4.73. The predicted octanol–water partition coefficient (Wildman–Crippen LogP) is 1.87. The number of nitriles is 1. The van der Waals surface area contributed by atoms with Crippen LogP contribution in [0, 0.1) is 16.7 Å². The number of methoxy groups -OCH3 is 1. The van der Waals surface area contributed by atoms with Crippen LogP contribution in [0.4, 0.5) is 0 Å². The fraction of sp³-hybridized carbons (Fsp3) is 0.250. The van der Waals surface area contributed by atoms with Crippen LogP contribution in [0.3, 0.4) is 0 Å². The normalized spacial score (nSPS) is 21.8. The molecule has 0 aromatic heterocycles. The minimum atomic E-state index is -1.71. The van der Waals surface area contributed by atoms with Gasteiger partial charge >= 0.3 is 5.97 Å². The molecule has 1 aromatic rings. The van der Waals surface area contributed by atoms with Gasteiger partial charge in [-0.15, -0.1) is 0 Å². The molecular weight excluding hydrogens is 286 g/mol. The summed E-state index contributed by atoms with van der Waals surface area (Å²) in [5, 5.41) is 9.15. The fourth-order valence-corrected chi connectivity index (χ4v) is 2.41. The lowest BCUT2D eigenvalue weighted by molar-refractivity contribution is -0.146. The van der Waals surface area contributed by atoms with Crippen molar-refractivity contribution >= 4 is 27.7 Å². The minimum Gasteiger partial charge on any atom is -0.467 e. The molecule has 0 saturated carbocycles. The van der Waals surface area contributed by atoms with Gasteiger partial charge < -0.3 is 4.74 Å². The van der Waals surface area contributed by atoms with E-state index in [4.69, 9.17) is 5.26 Å². The molecule has 0 heterocycles. The number of carbonyl (C=O) groups is 2. The number of Topliss-reactive ketones (excluding diaryl/α,β-unsaturated/α-hetero) is 1. The molecular formula is C12H8BrNO3. The molecule has 4 nitrogen and oxygen atoms in total. The Labute approximate surface area is 106 Å². The van der Waals surface area contributed by atoms with Crippen molar-refractivity contribution in [3.8, 4) is 6.07 Å². The van der Waals surface area contributed by atoms with Crippen LogP contribution in [-0.4, -0.2) is 18.9 Å². The molecule has 86 valence electrons. The topological polar surface area (TPSA) is 67.2 Å². The molecule has 0 N–H and O–H groups in total. The first-order chi connectivity index (χ1) is 8.05. The molecule has 0 bridgehead atoms. The Hall–Kier alpha value is -1.67. The Balaban J connectivity index is 2.56. The molecule has 2 rings (SSSR count). The minimum absolute atomic E-state index is 0.0732. The van der Waals surface area contributed by atoms with Crippen molar-refractivity contribution in [3.63, 3.8) is 0 Å². The molecule has 17 heavy (non-hydrogen) atoms. The Morgan fingerprint density at radius 1 is 1.59 bits per heavy atom. The number of benzene rings is 1. The molecule has 0 spiro atoms. The van der Waals surface area contributed by atoms with Crippen LogP contribution < -0.4 is 0 Å². The summed E-state index contributed by atoms with van der Waals surface area (Å²) in [5.41, 5.74) is -0.603. The van der Waals surface area contributed by atoms with Crippen molar-refractivity contribution in [3.05, 3.63) is 33.8 Å². The number of hydrogen-bond acceptors (Lipinski definition) is 4. The Bertz CT molecular complexity index is 561. The highest BCUT2D eigenvalue weighted by molar-refractivity contribution is 9.10. The van der Waals surface area contributed by atoms with Crippen molar-refractivity contribution in [1.29, 1.82) is 5.26 Å². The van der Waals surface area contributed by atoms with Gasteiger partial charge in [-0.05, 0) is 23.8 Å². The third-order valence-corrected chi connectivity index (χ3v) is 3.37. The summed E-state index contributed by atoms with van der Waals surface area (Å²) in [4.78, 5) is 23.8. The van der Waals surface area contributed by atoms with E-state index in [1.165, 1.54) is 7.11 Å². The summed E-state index contributed by atoms with van der Waals surface area (Å²) >= 11 is 3.29. The van der Waals surface area contributed by atoms with Gasteiger partial charge in [0.05, 0.1) is 13.2 Å². The molecule has 0 unspecified atom stereocenters. The van der Waals surface area contributed by atoms with Crippen LogP contribution in [0.25, 0.3) is 0 Å². The van der Waals surface area contributed by atoms with E-state index in [0.717, 1.165) is 4.47 Å². The summed E-state index contributed by atoms with van der Waals surface area (Å²) in [6, 6.07) is 6.87. The molecule has 1 aliphatic rings. The molecule has 0 fully saturated rings. The van der Waals surface area contributed by atoms with Crippen molar-refractivity contribution in [2.45, 2.75) is 6.42 Å². The number of esters is 1.